The Labute approximate surface area is 112 Å². The number of carbonyl (C=O) groups excluding carboxylic acids is 1. The minimum absolute atomic E-state index is 0.145. The number of esters is 1. The highest BCUT2D eigenvalue weighted by atomic mass is 16.6. The summed E-state index contributed by atoms with van der Waals surface area (Å²) in [5, 5.41) is 36.0. The van der Waals surface area contributed by atoms with Crippen molar-refractivity contribution in [3.05, 3.63) is 35.9 Å². The molecule has 1 aromatic carbocycles. The van der Waals surface area contributed by atoms with Crippen molar-refractivity contribution >= 4 is 17.9 Å². The number of benzene rings is 1. The molecule has 0 bridgehead atoms. The van der Waals surface area contributed by atoms with Crippen LogP contribution in [0.4, 0.5) is 0 Å². The van der Waals surface area contributed by atoms with E-state index in [-0.39, 0.29) is 5.56 Å². The van der Waals surface area contributed by atoms with Gasteiger partial charge in [0.15, 0.2) is 12.2 Å². The molecule has 0 saturated heterocycles. The van der Waals surface area contributed by atoms with Crippen LogP contribution in [0.1, 0.15) is 11.7 Å². The zero-order valence-electron chi connectivity index (χ0n) is 10.0. The minimum Gasteiger partial charge on any atom is -0.479 e. The summed E-state index contributed by atoms with van der Waals surface area (Å²) in [5.41, 5.74) is 0.145. The van der Waals surface area contributed by atoms with Crippen LogP contribution >= 0.6 is 0 Å². The van der Waals surface area contributed by atoms with Gasteiger partial charge in [0.1, 0.15) is 0 Å². The van der Waals surface area contributed by atoms with Crippen LogP contribution in [-0.2, 0) is 19.1 Å². The van der Waals surface area contributed by atoms with Gasteiger partial charge >= 0.3 is 17.9 Å². The Hall–Kier alpha value is -2.45. The molecule has 0 aliphatic rings. The monoisotopic (exact) mass is 284 g/mol. The molecule has 1 unspecified atom stereocenters. The number of carboxylic acid groups (broad SMARTS) is 2. The first-order valence-electron chi connectivity index (χ1n) is 5.41. The molecule has 0 spiro atoms. The van der Waals surface area contributed by atoms with Crippen molar-refractivity contribution in [2.75, 3.05) is 0 Å². The van der Waals surface area contributed by atoms with E-state index in [1.807, 2.05) is 0 Å². The number of carbonyl (C=O) groups is 3. The van der Waals surface area contributed by atoms with E-state index in [1.165, 1.54) is 24.3 Å². The van der Waals surface area contributed by atoms with E-state index in [0.29, 0.717) is 0 Å². The third-order valence-electron chi connectivity index (χ3n) is 2.36. The average molecular weight is 284 g/mol. The van der Waals surface area contributed by atoms with Crippen LogP contribution in [0.2, 0.25) is 0 Å². The van der Waals surface area contributed by atoms with Gasteiger partial charge < -0.3 is 25.2 Å². The predicted molar refractivity (Wildman–Crippen MR) is 62.6 cm³/mol. The molecule has 20 heavy (non-hydrogen) atoms. The van der Waals surface area contributed by atoms with Crippen molar-refractivity contribution < 1.29 is 39.5 Å². The minimum atomic E-state index is -2.43. The molecule has 0 aromatic heterocycles. The standard InChI is InChI=1S/C12H12O8/c13-7(6-4-2-1-3-5-6)12(19)20-9(11(17)18)8(14)10(15)16/h1-5,7-9,13-14H,(H,15,16)(H,17,18)/t7?,8-,9-/m0/s1. The van der Waals surface area contributed by atoms with Gasteiger partial charge in [0, 0.05) is 0 Å². The topological polar surface area (TPSA) is 141 Å². The van der Waals surface area contributed by atoms with Gasteiger partial charge in [-0.2, -0.15) is 0 Å². The lowest BCUT2D eigenvalue weighted by atomic mass is 10.1. The fraction of sp³-hybridized carbons (Fsp3) is 0.250. The zero-order chi connectivity index (χ0) is 15.3. The molecule has 3 atom stereocenters. The molecule has 0 fully saturated rings. The lowest BCUT2D eigenvalue weighted by Gasteiger charge is -2.18. The largest absolute Gasteiger partial charge is 0.479 e. The summed E-state index contributed by atoms with van der Waals surface area (Å²) in [4.78, 5) is 32.8. The van der Waals surface area contributed by atoms with Gasteiger partial charge in [0.25, 0.3) is 0 Å². The smallest absolute Gasteiger partial charge is 0.348 e. The molecular formula is C12H12O8. The van der Waals surface area contributed by atoms with Crippen LogP contribution in [0.15, 0.2) is 30.3 Å². The van der Waals surface area contributed by atoms with Gasteiger partial charge in [-0.15, -0.1) is 0 Å². The van der Waals surface area contributed by atoms with Crippen molar-refractivity contribution in [2.24, 2.45) is 0 Å². The maximum absolute atomic E-state index is 11.5. The Balaban J connectivity index is 2.81. The summed E-state index contributed by atoms with van der Waals surface area (Å²) in [6.45, 7) is 0. The summed E-state index contributed by atoms with van der Waals surface area (Å²) >= 11 is 0. The number of aliphatic carboxylic acids is 2. The Morgan fingerprint density at radius 2 is 1.50 bits per heavy atom. The van der Waals surface area contributed by atoms with Gasteiger partial charge in [0.2, 0.25) is 6.10 Å². The van der Waals surface area contributed by atoms with E-state index in [9.17, 15) is 19.5 Å². The van der Waals surface area contributed by atoms with Crippen molar-refractivity contribution in [1.82, 2.24) is 0 Å². The number of carboxylic acids is 2. The predicted octanol–water partition coefficient (Wildman–Crippen LogP) is -0.838. The number of rotatable bonds is 6. The van der Waals surface area contributed by atoms with Gasteiger partial charge in [-0.25, -0.2) is 14.4 Å². The van der Waals surface area contributed by atoms with Crippen LogP contribution in [0.25, 0.3) is 0 Å². The molecule has 0 aliphatic heterocycles. The lowest BCUT2D eigenvalue weighted by molar-refractivity contribution is -0.183. The molecule has 8 heteroatoms. The highest BCUT2D eigenvalue weighted by Gasteiger charge is 2.37. The fourth-order valence-corrected chi connectivity index (χ4v) is 1.34. The normalized spacial score (nSPS) is 14.9. The van der Waals surface area contributed by atoms with E-state index in [4.69, 9.17) is 15.3 Å². The number of hydrogen-bond acceptors (Lipinski definition) is 6. The van der Waals surface area contributed by atoms with Crippen LogP contribution < -0.4 is 0 Å². The molecule has 0 heterocycles. The van der Waals surface area contributed by atoms with Crippen molar-refractivity contribution in [1.29, 1.82) is 0 Å². The number of aliphatic hydroxyl groups excluding tert-OH is 2. The highest BCUT2D eigenvalue weighted by molar-refractivity contribution is 5.86. The highest BCUT2D eigenvalue weighted by Crippen LogP contribution is 2.15. The molecule has 0 saturated carbocycles. The van der Waals surface area contributed by atoms with Crippen molar-refractivity contribution in [3.8, 4) is 0 Å². The molecule has 108 valence electrons. The SMILES string of the molecule is O=C(O[C@H](C(=O)O)[C@H](O)C(=O)O)C(O)c1ccccc1. The maximum Gasteiger partial charge on any atom is 0.348 e. The van der Waals surface area contributed by atoms with E-state index < -0.39 is 36.2 Å². The Morgan fingerprint density at radius 1 is 0.950 bits per heavy atom. The second kappa shape index (κ2) is 6.64. The fourth-order valence-electron chi connectivity index (χ4n) is 1.34. The second-order valence-electron chi connectivity index (χ2n) is 3.79. The zero-order valence-corrected chi connectivity index (χ0v) is 10.0. The Kier molecular flexibility index (Phi) is 5.18. The lowest BCUT2D eigenvalue weighted by Crippen LogP contribution is -2.43. The van der Waals surface area contributed by atoms with Gasteiger partial charge in [-0.3, -0.25) is 0 Å². The molecule has 8 nitrogen and oxygen atoms in total. The summed E-state index contributed by atoms with van der Waals surface area (Å²) in [6.07, 6.45) is -6.52. The van der Waals surface area contributed by atoms with E-state index in [0.717, 1.165) is 0 Å². The molecule has 0 amide bonds. The quantitative estimate of drug-likeness (QED) is 0.495. The second-order valence-corrected chi connectivity index (χ2v) is 3.79. The third-order valence-corrected chi connectivity index (χ3v) is 2.36. The number of hydrogen-bond donors (Lipinski definition) is 4. The summed E-state index contributed by atoms with van der Waals surface area (Å²) < 4.78 is 4.33. The Morgan fingerprint density at radius 3 is 1.95 bits per heavy atom. The van der Waals surface area contributed by atoms with Crippen LogP contribution in [0, 0.1) is 0 Å². The first kappa shape index (κ1) is 15.6. The van der Waals surface area contributed by atoms with Crippen LogP contribution in [0.5, 0.6) is 0 Å². The van der Waals surface area contributed by atoms with Gasteiger partial charge in [-0.1, -0.05) is 30.3 Å². The molecule has 1 aromatic rings. The number of ether oxygens (including phenoxy) is 1. The summed E-state index contributed by atoms with van der Waals surface area (Å²) in [5.74, 6) is -5.07. The van der Waals surface area contributed by atoms with Crippen molar-refractivity contribution in [2.45, 2.75) is 18.3 Å². The molecule has 0 aliphatic carbocycles. The summed E-state index contributed by atoms with van der Waals surface area (Å²) in [7, 11) is 0. The first-order valence-corrected chi connectivity index (χ1v) is 5.41. The van der Waals surface area contributed by atoms with E-state index in [1.54, 1.807) is 6.07 Å². The van der Waals surface area contributed by atoms with Crippen LogP contribution in [-0.4, -0.2) is 50.5 Å². The van der Waals surface area contributed by atoms with Gasteiger partial charge in [-0.05, 0) is 5.56 Å². The molecule has 0 radical (unpaired) electrons. The Bertz CT molecular complexity index is 497. The van der Waals surface area contributed by atoms with Crippen molar-refractivity contribution in [3.63, 3.8) is 0 Å². The van der Waals surface area contributed by atoms with E-state index >= 15 is 0 Å². The molecular weight excluding hydrogens is 272 g/mol. The maximum atomic E-state index is 11.5. The van der Waals surface area contributed by atoms with Gasteiger partial charge in [0.05, 0.1) is 0 Å². The summed E-state index contributed by atoms with van der Waals surface area (Å²) in [6, 6.07) is 7.50. The average Bonchev–Trinajstić information content (AvgIpc) is 2.43. The first-order chi connectivity index (χ1) is 9.34. The molecule has 1 rings (SSSR count). The van der Waals surface area contributed by atoms with E-state index in [2.05, 4.69) is 4.74 Å². The van der Waals surface area contributed by atoms with Crippen LogP contribution in [0.3, 0.4) is 0 Å². The third kappa shape index (κ3) is 3.77. The number of aliphatic hydroxyl groups is 2. The molecule has 4 N–H and O–H groups in total.